The van der Waals surface area contributed by atoms with Crippen molar-refractivity contribution in [3.63, 3.8) is 0 Å². The van der Waals surface area contributed by atoms with Crippen LogP contribution in [0.4, 0.5) is 11.4 Å². The van der Waals surface area contributed by atoms with Crippen LogP contribution in [0.2, 0.25) is 0 Å². The lowest BCUT2D eigenvalue weighted by molar-refractivity contribution is -0.140. The van der Waals surface area contributed by atoms with Gasteiger partial charge in [0.2, 0.25) is 5.91 Å². The van der Waals surface area contributed by atoms with Crippen molar-refractivity contribution in [3.8, 4) is 0 Å². The minimum Gasteiger partial charge on any atom is -0.368 e. The number of benzene rings is 2. The first-order chi connectivity index (χ1) is 14.0. The SMILES string of the molecule is CN1CCN(c2ccc3c4c(cccc24)N(C2CCC(=O)N(I)C2=O)C3=O)CC1. The first-order valence-electron chi connectivity index (χ1n) is 9.82. The summed E-state index contributed by atoms with van der Waals surface area (Å²) in [5.74, 6) is -0.676. The quantitative estimate of drug-likeness (QED) is 0.357. The van der Waals surface area contributed by atoms with E-state index in [0.717, 1.165) is 51.4 Å². The van der Waals surface area contributed by atoms with Gasteiger partial charge >= 0.3 is 0 Å². The first kappa shape index (κ1) is 18.8. The average Bonchev–Trinajstić information content (AvgIpc) is 3.01. The van der Waals surface area contributed by atoms with E-state index in [1.165, 1.54) is 0 Å². The summed E-state index contributed by atoms with van der Waals surface area (Å²) in [7, 11) is 2.13. The van der Waals surface area contributed by atoms with Gasteiger partial charge in [-0.1, -0.05) is 12.1 Å². The summed E-state index contributed by atoms with van der Waals surface area (Å²) in [6.07, 6.45) is 0.626. The van der Waals surface area contributed by atoms with Crippen molar-refractivity contribution in [2.24, 2.45) is 0 Å². The fourth-order valence-electron chi connectivity index (χ4n) is 4.60. The molecule has 0 aliphatic carbocycles. The number of hydrogen-bond acceptors (Lipinski definition) is 5. The molecule has 3 amide bonds. The van der Waals surface area contributed by atoms with Gasteiger partial charge in [-0.15, -0.1) is 0 Å². The molecular formula is C21H21IN4O3. The highest BCUT2D eigenvalue weighted by atomic mass is 127. The van der Waals surface area contributed by atoms with Gasteiger partial charge in [-0.05, 0) is 31.7 Å². The lowest BCUT2D eigenvalue weighted by Crippen LogP contribution is -2.52. The van der Waals surface area contributed by atoms with Crippen LogP contribution in [0.25, 0.3) is 10.8 Å². The van der Waals surface area contributed by atoms with Crippen LogP contribution in [-0.2, 0) is 9.59 Å². The van der Waals surface area contributed by atoms with Gasteiger partial charge in [0.25, 0.3) is 11.8 Å². The number of carbonyl (C=O) groups excluding carboxylic acids is 3. The molecule has 2 aromatic carbocycles. The predicted octanol–water partition coefficient (Wildman–Crippen LogP) is 2.42. The van der Waals surface area contributed by atoms with Crippen molar-refractivity contribution < 1.29 is 14.4 Å². The molecule has 3 aliphatic heterocycles. The van der Waals surface area contributed by atoms with Crippen LogP contribution in [0.3, 0.4) is 0 Å². The molecule has 8 heteroatoms. The molecule has 3 heterocycles. The van der Waals surface area contributed by atoms with Crippen LogP contribution >= 0.6 is 22.9 Å². The summed E-state index contributed by atoms with van der Waals surface area (Å²) in [4.78, 5) is 44.2. The molecule has 5 rings (SSSR count). The Morgan fingerprint density at radius 2 is 1.72 bits per heavy atom. The molecule has 2 saturated heterocycles. The molecule has 0 aromatic heterocycles. The van der Waals surface area contributed by atoms with E-state index in [1.54, 1.807) is 27.8 Å². The van der Waals surface area contributed by atoms with E-state index in [1.807, 2.05) is 24.3 Å². The largest absolute Gasteiger partial charge is 0.368 e. The van der Waals surface area contributed by atoms with Gasteiger partial charge in [-0.3, -0.25) is 19.3 Å². The van der Waals surface area contributed by atoms with Gasteiger partial charge in [0.1, 0.15) is 6.04 Å². The number of likely N-dealkylation sites (N-methyl/N-ethyl adjacent to an activating group) is 1. The summed E-state index contributed by atoms with van der Waals surface area (Å²) in [6.45, 7) is 3.90. The summed E-state index contributed by atoms with van der Waals surface area (Å²) >= 11 is 1.75. The van der Waals surface area contributed by atoms with E-state index in [9.17, 15) is 14.4 Å². The number of anilines is 2. The molecule has 2 aromatic rings. The van der Waals surface area contributed by atoms with E-state index in [2.05, 4.69) is 22.9 Å². The van der Waals surface area contributed by atoms with Crippen molar-refractivity contribution in [1.29, 1.82) is 0 Å². The maximum Gasteiger partial charge on any atom is 0.261 e. The molecule has 0 bridgehead atoms. The van der Waals surface area contributed by atoms with Gasteiger partial charge < -0.3 is 9.80 Å². The smallest absolute Gasteiger partial charge is 0.261 e. The minimum atomic E-state index is -0.637. The Labute approximate surface area is 182 Å². The third kappa shape index (κ3) is 2.83. The van der Waals surface area contributed by atoms with Gasteiger partial charge in [0, 0.05) is 49.1 Å². The molecule has 0 spiro atoms. The topological polar surface area (TPSA) is 64.2 Å². The van der Waals surface area contributed by atoms with Crippen LogP contribution < -0.4 is 9.80 Å². The standard InChI is InChI=1S/C21H21IN4O3/c1-23-9-11-24(12-10-23)15-6-5-14-19-13(15)3-2-4-16(19)25(20(14)28)17-7-8-18(27)26(22)21(17)29/h2-6,17H,7-12H2,1H3. The second-order valence-electron chi connectivity index (χ2n) is 7.86. The highest BCUT2D eigenvalue weighted by Crippen LogP contribution is 2.43. The second kappa shape index (κ2) is 6.94. The third-order valence-electron chi connectivity index (χ3n) is 6.19. The van der Waals surface area contributed by atoms with Crippen molar-refractivity contribution in [1.82, 2.24) is 8.01 Å². The Hall–Kier alpha value is -2.20. The van der Waals surface area contributed by atoms with Crippen LogP contribution in [0.5, 0.6) is 0 Å². The second-order valence-corrected chi connectivity index (χ2v) is 8.83. The zero-order valence-corrected chi connectivity index (χ0v) is 18.3. The Kier molecular flexibility index (Phi) is 4.50. The average molecular weight is 504 g/mol. The minimum absolute atomic E-state index is 0.154. The molecule has 1 unspecified atom stereocenters. The monoisotopic (exact) mass is 504 g/mol. The molecule has 1 atom stereocenters. The van der Waals surface area contributed by atoms with Gasteiger partial charge in [0.05, 0.1) is 34.1 Å². The number of piperidine rings is 1. The van der Waals surface area contributed by atoms with E-state index >= 15 is 0 Å². The highest BCUT2D eigenvalue weighted by Gasteiger charge is 2.43. The number of nitrogens with zero attached hydrogens (tertiary/aromatic N) is 4. The lowest BCUT2D eigenvalue weighted by Gasteiger charge is -2.34. The summed E-state index contributed by atoms with van der Waals surface area (Å²) in [6, 6.07) is 9.21. The predicted molar refractivity (Wildman–Crippen MR) is 119 cm³/mol. The van der Waals surface area contributed by atoms with E-state index in [4.69, 9.17) is 0 Å². The Morgan fingerprint density at radius 3 is 2.48 bits per heavy atom. The number of piperazine rings is 1. The number of carbonyl (C=O) groups is 3. The maximum absolute atomic E-state index is 13.3. The van der Waals surface area contributed by atoms with E-state index in [-0.39, 0.29) is 24.1 Å². The molecule has 3 aliphatic rings. The number of rotatable bonds is 2. The third-order valence-corrected chi connectivity index (χ3v) is 7.20. The first-order valence-corrected chi connectivity index (χ1v) is 10.8. The number of halogens is 1. The van der Waals surface area contributed by atoms with E-state index < -0.39 is 6.04 Å². The number of imide groups is 1. The fourth-order valence-corrected chi connectivity index (χ4v) is 5.16. The van der Waals surface area contributed by atoms with Crippen LogP contribution in [0.1, 0.15) is 23.2 Å². The summed E-state index contributed by atoms with van der Waals surface area (Å²) < 4.78 is 1.12. The summed E-state index contributed by atoms with van der Waals surface area (Å²) in [5.41, 5.74) is 2.54. The van der Waals surface area contributed by atoms with Gasteiger partial charge in [-0.2, -0.15) is 0 Å². The zero-order valence-electron chi connectivity index (χ0n) is 16.1. The molecule has 0 saturated carbocycles. The van der Waals surface area contributed by atoms with Crippen molar-refractivity contribution in [2.45, 2.75) is 18.9 Å². The molecule has 29 heavy (non-hydrogen) atoms. The van der Waals surface area contributed by atoms with Crippen LogP contribution in [0, 0.1) is 0 Å². The molecule has 2 fully saturated rings. The van der Waals surface area contributed by atoms with Gasteiger partial charge in [-0.25, -0.2) is 3.11 Å². The van der Waals surface area contributed by atoms with Crippen LogP contribution in [0.15, 0.2) is 30.3 Å². The Morgan fingerprint density at radius 1 is 0.966 bits per heavy atom. The maximum atomic E-state index is 13.3. The summed E-state index contributed by atoms with van der Waals surface area (Å²) in [5, 5.41) is 1.96. The lowest BCUT2D eigenvalue weighted by atomic mass is 10.0. The molecule has 0 radical (unpaired) electrons. The van der Waals surface area contributed by atoms with E-state index in [0.29, 0.717) is 12.0 Å². The van der Waals surface area contributed by atoms with Crippen molar-refractivity contribution >= 4 is 62.7 Å². The number of amides is 3. The molecule has 150 valence electrons. The molecule has 0 N–H and O–H groups in total. The van der Waals surface area contributed by atoms with Crippen molar-refractivity contribution in [2.75, 3.05) is 43.0 Å². The Balaban J connectivity index is 1.59. The normalized spacial score (nSPS) is 22.9. The van der Waals surface area contributed by atoms with Crippen LogP contribution in [-0.4, -0.2) is 65.0 Å². The molecule has 7 nitrogen and oxygen atoms in total. The zero-order chi connectivity index (χ0) is 20.3. The van der Waals surface area contributed by atoms with Crippen molar-refractivity contribution in [3.05, 3.63) is 35.9 Å². The Bertz CT molecular complexity index is 1050. The number of hydrogen-bond donors (Lipinski definition) is 0. The van der Waals surface area contributed by atoms with Gasteiger partial charge in [0.15, 0.2) is 0 Å². The highest BCUT2D eigenvalue weighted by molar-refractivity contribution is 14.1. The molecular weight excluding hydrogens is 483 g/mol. The fraction of sp³-hybridized carbons (Fsp3) is 0.381.